The topological polar surface area (TPSA) is 9.72 Å². The standard InChI is InChI=1S/C54H39N3S/c1-6-18-42(19-7-1)55(48-34-35-54-52(39-48)51-28-16-17-29-53(51)58-54)47-32-30-40(31-33-47)41-36-49(56(43-20-8-2-9-21-43)44-22-10-3-11-23-44)38-50(37-41)57(45-24-12-4-13-25-45)46-26-14-5-15-27-46/h1-39H. The summed E-state index contributed by atoms with van der Waals surface area (Å²) in [7, 11) is 0. The van der Waals surface area contributed by atoms with Crippen molar-refractivity contribution in [3.05, 3.63) is 237 Å². The van der Waals surface area contributed by atoms with Gasteiger partial charge in [-0.2, -0.15) is 0 Å². The van der Waals surface area contributed by atoms with Crippen LogP contribution in [0.4, 0.5) is 51.2 Å². The summed E-state index contributed by atoms with van der Waals surface area (Å²) in [6.45, 7) is 0. The van der Waals surface area contributed by atoms with Crippen LogP contribution in [-0.4, -0.2) is 0 Å². The van der Waals surface area contributed by atoms with E-state index in [1.165, 1.54) is 20.2 Å². The van der Waals surface area contributed by atoms with E-state index in [1.807, 2.05) is 11.3 Å². The van der Waals surface area contributed by atoms with Crippen LogP contribution in [0.25, 0.3) is 31.3 Å². The molecule has 0 saturated carbocycles. The van der Waals surface area contributed by atoms with Crippen LogP contribution in [-0.2, 0) is 0 Å². The number of nitrogens with zero attached hydrogens (tertiary/aromatic N) is 3. The summed E-state index contributed by atoms with van der Waals surface area (Å²) < 4.78 is 2.60. The third-order valence-corrected chi connectivity index (χ3v) is 11.7. The fourth-order valence-corrected chi connectivity index (χ4v) is 8.99. The van der Waals surface area contributed by atoms with E-state index in [-0.39, 0.29) is 0 Å². The van der Waals surface area contributed by atoms with Gasteiger partial charge in [0.1, 0.15) is 0 Å². The molecule has 58 heavy (non-hydrogen) atoms. The molecule has 0 aliphatic rings. The van der Waals surface area contributed by atoms with Gasteiger partial charge in [0.2, 0.25) is 0 Å². The molecular weight excluding hydrogens is 723 g/mol. The number of benzene rings is 9. The second kappa shape index (κ2) is 15.6. The number of anilines is 9. The summed E-state index contributed by atoms with van der Waals surface area (Å²) in [5, 5.41) is 2.58. The Kier molecular flexibility index (Phi) is 9.44. The van der Waals surface area contributed by atoms with Gasteiger partial charge in [0, 0.05) is 71.4 Å². The van der Waals surface area contributed by atoms with E-state index in [2.05, 4.69) is 251 Å². The van der Waals surface area contributed by atoms with Crippen molar-refractivity contribution >= 4 is 82.7 Å². The third kappa shape index (κ3) is 6.87. The highest BCUT2D eigenvalue weighted by atomic mass is 32.1. The Labute approximate surface area is 343 Å². The normalized spacial score (nSPS) is 11.1. The summed E-state index contributed by atoms with van der Waals surface area (Å²) in [5.41, 5.74) is 12.1. The largest absolute Gasteiger partial charge is 0.310 e. The van der Waals surface area contributed by atoms with Crippen LogP contribution in [0.3, 0.4) is 0 Å². The van der Waals surface area contributed by atoms with E-state index in [0.29, 0.717) is 0 Å². The molecule has 10 aromatic rings. The summed E-state index contributed by atoms with van der Waals surface area (Å²) in [4.78, 5) is 7.05. The summed E-state index contributed by atoms with van der Waals surface area (Å²) in [6.07, 6.45) is 0. The molecule has 0 spiro atoms. The number of thiophene rings is 1. The highest BCUT2D eigenvalue weighted by Gasteiger charge is 2.20. The lowest BCUT2D eigenvalue weighted by atomic mass is 10.0. The maximum atomic E-state index is 2.36. The number of hydrogen-bond acceptors (Lipinski definition) is 4. The van der Waals surface area contributed by atoms with Crippen LogP contribution in [0.5, 0.6) is 0 Å². The first-order chi connectivity index (χ1) is 28.8. The van der Waals surface area contributed by atoms with E-state index < -0.39 is 0 Å². The molecular formula is C54H39N3S. The maximum Gasteiger partial charge on any atom is 0.0488 e. The third-order valence-electron chi connectivity index (χ3n) is 10.6. The second-order valence-electron chi connectivity index (χ2n) is 14.2. The molecule has 9 aromatic carbocycles. The number of fused-ring (bicyclic) bond motifs is 3. The minimum atomic E-state index is 1.06. The predicted molar refractivity (Wildman–Crippen MR) is 249 cm³/mol. The van der Waals surface area contributed by atoms with Gasteiger partial charge in [-0.1, -0.05) is 121 Å². The lowest BCUT2D eigenvalue weighted by Gasteiger charge is -2.30. The average Bonchev–Trinajstić information content (AvgIpc) is 3.67. The van der Waals surface area contributed by atoms with Gasteiger partial charge in [-0.15, -0.1) is 11.3 Å². The van der Waals surface area contributed by atoms with E-state index in [4.69, 9.17) is 0 Å². The number of para-hydroxylation sites is 5. The molecule has 4 heteroatoms. The van der Waals surface area contributed by atoms with Crippen LogP contribution in [0.1, 0.15) is 0 Å². The van der Waals surface area contributed by atoms with Gasteiger partial charge < -0.3 is 14.7 Å². The second-order valence-corrected chi connectivity index (χ2v) is 15.3. The fraction of sp³-hybridized carbons (Fsp3) is 0. The summed E-state index contributed by atoms with van der Waals surface area (Å²) in [5.74, 6) is 0. The molecule has 0 N–H and O–H groups in total. The Morgan fingerprint density at radius 2 is 0.586 bits per heavy atom. The van der Waals surface area contributed by atoms with Crippen molar-refractivity contribution in [3.63, 3.8) is 0 Å². The molecule has 1 heterocycles. The minimum absolute atomic E-state index is 1.06. The molecule has 3 nitrogen and oxygen atoms in total. The molecule has 0 aliphatic carbocycles. The zero-order valence-corrected chi connectivity index (χ0v) is 32.6. The zero-order valence-electron chi connectivity index (χ0n) is 31.8. The van der Waals surface area contributed by atoms with Gasteiger partial charge in [0.05, 0.1) is 0 Å². The molecule has 0 aliphatic heterocycles. The predicted octanol–water partition coefficient (Wildman–Crippen LogP) is 16.1. The van der Waals surface area contributed by atoms with E-state index in [0.717, 1.165) is 62.3 Å². The highest BCUT2D eigenvalue weighted by Crippen LogP contribution is 2.45. The molecule has 0 radical (unpaired) electrons. The van der Waals surface area contributed by atoms with Crippen molar-refractivity contribution in [2.75, 3.05) is 14.7 Å². The van der Waals surface area contributed by atoms with Crippen molar-refractivity contribution < 1.29 is 0 Å². The molecule has 0 amide bonds. The van der Waals surface area contributed by atoms with Crippen LogP contribution in [0, 0.1) is 0 Å². The quantitative estimate of drug-likeness (QED) is 0.137. The summed E-state index contributed by atoms with van der Waals surface area (Å²) in [6, 6.07) is 84.7. The van der Waals surface area contributed by atoms with Crippen LogP contribution in [0.2, 0.25) is 0 Å². The van der Waals surface area contributed by atoms with E-state index in [1.54, 1.807) is 0 Å². The molecule has 1 aromatic heterocycles. The van der Waals surface area contributed by atoms with Crippen molar-refractivity contribution in [1.29, 1.82) is 0 Å². The smallest absolute Gasteiger partial charge is 0.0488 e. The maximum absolute atomic E-state index is 2.36. The molecule has 0 bridgehead atoms. The van der Waals surface area contributed by atoms with Crippen LogP contribution in [0.15, 0.2) is 237 Å². The highest BCUT2D eigenvalue weighted by molar-refractivity contribution is 7.25. The first kappa shape index (κ1) is 35.0. The Morgan fingerprint density at radius 1 is 0.224 bits per heavy atom. The molecule has 0 saturated heterocycles. The van der Waals surface area contributed by atoms with Gasteiger partial charge in [-0.3, -0.25) is 0 Å². The number of rotatable bonds is 10. The van der Waals surface area contributed by atoms with E-state index in [9.17, 15) is 0 Å². The first-order valence-electron chi connectivity index (χ1n) is 19.6. The SMILES string of the molecule is c1ccc(N(c2ccccc2)c2cc(-c3ccc(N(c4ccccc4)c4ccc5sc6ccccc6c5c4)cc3)cc(N(c3ccccc3)c3ccccc3)c2)cc1. The van der Waals surface area contributed by atoms with Gasteiger partial charge in [0.15, 0.2) is 0 Å². The molecule has 0 fully saturated rings. The molecule has 276 valence electrons. The molecule has 0 unspecified atom stereocenters. The first-order valence-corrected chi connectivity index (χ1v) is 20.4. The fourth-order valence-electron chi connectivity index (χ4n) is 7.90. The van der Waals surface area contributed by atoms with Crippen LogP contribution >= 0.6 is 11.3 Å². The Morgan fingerprint density at radius 3 is 1.05 bits per heavy atom. The number of hydrogen-bond donors (Lipinski definition) is 0. The zero-order chi connectivity index (χ0) is 38.7. The summed E-state index contributed by atoms with van der Waals surface area (Å²) >= 11 is 1.85. The lowest BCUT2D eigenvalue weighted by Crippen LogP contribution is -2.13. The van der Waals surface area contributed by atoms with Gasteiger partial charge in [-0.25, -0.2) is 0 Å². The Hall–Kier alpha value is -7.40. The van der Waals surface area contributed by atoms with Crippen molar-refractivity contribution in [3.8, 4) is 11.1 Å². The van der Waals surface area contributed by atoms with Gasteiger partial charge in [-0.05, 0) is 126 Å². The lowest BCUT2D eigenvalue weighted by molar-refractivity contribution is 1.25. The Balaban J connectivity index is 1.13. The average molecular weight is 762 g/mol. The van der Waals surface area contributed by atoms with Crippen molar-refractivity contribution in [2.45, 2.75) is 0 Å². The Bertz CT molecular complexity index is 2750. The molecule has 0 atom stereocenters. The molecule has 10 rings (SSSR count). The van der Waals surface area contributed by atoms with Crippen molar-refractivity contribution in [1.82, 2.24) is 0 Å². The van der Waals surface area contributed by atoms with Gasteiger partial charge in [0.25, 0.3) is 0 Å². The van der Waals surface area contributed by atoms with Crippen LogP contribution < -0.4 is 14.7 Å². The van der Waals surface area contributed by atoms with Gasteiger partial charge >= 0.3 is 0 Å². The van der Waals surface area contributed by atoms with E-state index >= 15 is 0 Å². The minimum Gasteiger partial charge on any atom is -0.310 e. The van der Waals surface area contributed by atoms with Crippen molar-refractivity contribution in [2.24, 2.45) is 0 Å². The monoisotopic (exact) mass is 761 g/mol.